The standard InChI is InChI=1S/C15H15ClO2/c1-11-5-3-6-12(9-11)15(17-2)18-14-8-4-7-13(16)10-14/h3-10,15H,1-2H3. The molecule has 0 radical (unpaired) electrons. The number of halogens is 1. The van der Waals surface area contributed by atoms with Crippen molar-refractivity contribution in [2.75, 3.05) is 7.11 Å². The van der Waals surface area contributed by atoms with Crippen molar-refractivity contribution in [2.45, 2.75) is 13.2 Å². The van der Waals surface area contributed by atoms with Gasteiger partial charge in [0.15, 0.2) is 0 Å². The van der Waals surface area contributed by atoms with Gasteiger partial charge in [-0.25, -0.2) is 0 Å². The van der Waals surface area contributed by atoms with Crippen LogP contribution < -0.4 is 4.74 Å². The summed E-state index contributed by atoms with van der Waals surface area (Å²) in [7, 11) is 1.62. The summed E-state index contributed by atoms with van der Waals surface area (Å²) in [6.45, 7) is 2.04. The Hall–Kier alpha value is -1.51. The van der Waals surface area contributed by atoms with Crippen molar-refractivity contribution < 1.29 is 9.47 Å². The molecule has 0 aromatic heterocycles. The van der Waals surface area contributed by atoms with Gasteiger partial charge in [-0.2, -0.15) is 0 Å². The Morgan fingerprint density at radius 2 is 1.83 bits per heavy atom. The largest absolute Gasteiger partial charge is 0.461 e. The molecule has 3 heteroatoms. The summed E-state index contributed by atoms with van der Waals surface area (Å²) in [4.78, 5) is 0. The van der Waals surface area contributed by atoms with Gasteiger partial charge in [-0.15, -0.1) is 0 Å². The maximum Gasteiger partial charge on any atom is 0.226 e. The van der Waals surface area contributed by atoms with Crippen LogP contribution in [0.15, 0.2) is 48.5 Å². The predicted octanol–water partition coefficient (Wildman–Crippen LogP) is 4.37. The average Bonchev–Trinajstić information content (AvgIpc) is 2.36. The molecule has 0 saturated carbocycles. The summed E-state index contributed by atoms with van der Waals surface area (Å²) in [6, 6.07) is 15.3. The lowest BCUT2D eigenvalue weighted by atomic mass is 10.1. The number of rotatable bonds is 4. The van der Waals surface area contributed by atoms with Crippen LogP contribution in [0.1, 0.15) is 17.4 Å². The summed E-state index contributed by atoms with van der Waals surface area (Å²) in [6.07, 6.45) is -0.427. The molecule has 2 aromatic carbocycles. The lowest BCUT2D eigenvalue weighted by Gasteiger charge is -2.18. The van der Waals surface area contributed by atoms with E-state index in [9.17, 15) is 0 Å². The highest BCUT2D eigenvalue weighted by Gasteiger charge is 2.12. The van der Waals surface area contributed by atoms with Crippen LogP contribution in [0.3, 0.4) is 0 Å². The molecule has 0 aliphatic heterocycles. The van der Waals surface area contributed by atoms with E-state index >= 15 is 0 Å². The van der Waals surface area contributed by atoms with Crippen molar-refractivity contribution >= 4 is 11.6 Å². The lowest BCUT2D eigenvalue weighted by Crippen LogP contribution is -2.09. The van der Waals surface area contributed by atoms with E-state index in [0.29, 0.717) is 10.8 Å². The van der Waals surface area contributed by atoms with E-state index in [1.165, 1.54) is 5.56 Å². The summed E-state index contributed by atoms with van der Waals surface area (Å²) < 4.78 is 11.1. The third-order valence-corrected chi connectivity index (χ3v) is 2.80. The number of methoxy groups -OCH3 is 1. The molecule has 1 atom stereocenters. The van der Waals surface area contributed by atoms with Gasteiger partial charge in [0, 0.05) is 17.7 Å². The molecular weight excluding hydrogens is 248 g/mol. The molecule has 2 rings (SSSR count). The molecule has 0 heterocycles. The van der Waals surface area contributed by atoms with E-state index in [2.05, 4.69) is 0 Å². The van der Waals surface area contributed by atoms with Crippen molar-refractivity contribution in [1.29, 1.82) is 0 Å². The molecule has 18 heavy (non-hydrogen) atoms. The van der Waals surface area contributed by atoms with Crippen LogP contribution in [-0.2, 0) is 4.74 Å². The molecule has 0 aliphatic rings. The van der Waals surface area contributed by atoms with E-state index in [4.69, 9.17) is 21.1 Å². The fourth-order valence-electron chi connectivity index (χ4n) is 1.73. The molecule has 2 aromatic rings. The number of benzene rings is 2. The van der Waals surface area contributed by atoms with Gasteiger partial charge in [0.25, 0.3) is 0 Å². The molecule has 0 bridgehead atoms. The monoisotopic (exact) mass is 262 g/mol. The maximum absolute atomic E-state index is 5.92. The number of hydrogen-bond acceptors (Lipinski definition) is 2. The first kappa shape index (κ1) is 12.9. The van der Waals surface area contributed by atoms with E-state index in [1.54, 1.807) is 13.2 Å². The van der Waals surface area contributed by atoms with Crippen LogP contribution in [0.25, 0.3) is 0 Å². The number of aryl methyl sites for hydroxylation is 1. The Bertz CT molecular complexity index is 525. The normalized spacial score (nSPS) is 12.2. The lowest BCUT2D eigenvalue weighted by molar-refractivity contribution is -0.0562. The fraction of sp³-hybridized carbons (Fsp3) is 0.200. The molecule has 0 fully saturated rings. The Morgan fingerprint density at radius 1 is 1.06 bits per heavy atom. The molecule has 0 spiro atoms. The molecule has 0 aliphatic carbocycles. The summed E-state index contributed by atoms with van der Waals surface area (Å²) >= 11 is 5.92. The Balaban J connectivity index is 2.19. The van der Waals surface area contributed by atoms with Crippen molar-refractivity contribution in [1.82, 2.24) is 0 Å². The van der Waals surface area contributed by atoms with E-state index in [1.807, 2.05) is 49.4 Å². The van der Waals surface area contributed by atoms with Gasteiger partial charge in [0.05, 0.1) is 0 Å². The summed E-state index contributed by atoms with van der Waals surface area (Å²) in [5.74, 6) is 0.691. The molecule has 0 amide bonds. The summed E-state index contributed by atoms with van der Waals surface area (Å²) in [5, 5.41) is 0.645. The van der Waals surface area contributed by atoms with Crippen LogP contribution in [0.4, 0.5) is 0 Å². The topological polar surface area (TPSA) is 18.5 Å². The molecule has 0 saturated heterocycles. The highest BCUT2D eigenvalue weighted by atomic mass is 35.5. The number of hydrogen-bond donors (Lipinski definition) is 0. The second-order valence-corrected chi connectivity index (χ2v) is 4.49. The number of ether oxygens (including phenoxy) is 2. The van der Waals surface area contributed by atoms with E-state index < -0.39 is 6.29 Å². The molecule has 0 N–H and O–H groups in total. The quantitative estimate of drug-likeness (QED) is 0.762. The maximum atomic E-state index is 5.92. The third kappa shape index (κ3) is 3.25. The third-order valence-electron chi connectivity index (χ3n) is 2.57. The average molecular weight is 263 g/mol. The van der Waals surface area contributed by atoms with Gasteiger partial charge in [-0.05, 0) is 31.2 Å². The fourth-order valence-corrected chi connectivity index (χ4v) is 1.91. The minimum absolute atomic E-state index is 0.427. The van der Waals surface area contributed by atoms with Crippen LogP contribution >= 0.6 is 11.6 Å². The minimum atomic E-state index is -0.427. The molecule has 94 valence electrons. The first-order chi connectivity index (χ1) is 8.69. The van der Waals surface area contributed by atoms with Gasteiger partial charge in [0.1, 0.15) is 5.75 Å². The second kappa shape index (κ2) is 5.89. The van der Waals surface area contributed by atoms with Crippen molar-refractivity contribution in [3.8, 4) is 5.75 Å². The predicted molar refractivity (Wildman–Crippen MR) is 73.0 cm³/mol. The zero-order valence-corrected chi connectivity index (χ0v) is 11.1. The minimum Gasteiger partial charge on any atom is -0.461 e. The Morgan fingerprint density at radius 3 is 2.50 bits per heavy atom. The van der Waals surface area contributed by atoms with Gasteiger partial charge >= 0.3 is 0 Å². The Kier molecular flexibility index (Phi) is 4.24. The van der Waals surface area contributed by atoms with Crippen LogP contribution in [-0.4, -0.2) is 7.11 Å². The molecular formula is C15H15ClO2. The van der Waals surface area contributed by atoms with Crippen molar-refractivity contribution in [2.24, 2.45) is 0 Å². The van der Waals surface area contributed by atoms with Crippen molar-refractivity contribution in [3.05, 3.63) is 64.7 Å². The highest BCUT2D eigenvalue weighted by molar-refractivity contribution is 6.30. The van der Waals surface area contributed by atoms with E-state index in [-0.39, 0.29) is 0 Å². The smallest absolute Gasteiger partial charge is 0.226 e. The first-order valence-corrected chi connectivity index (χ1v) is 6.08. The molecule has 1 unspecified atom stereocenters. The zero-order valence-electron chi connectivity index (χ0n) is 10.4. The highest BCUT2D eigenvalue weighted by Crippen LogP contribution is 2.25. The molecule has 2 nitrogen and oxygen atoms in total. The Labute approximate surface area is 112 Å². The second-order valence-electron chi connectivity index (χ2n) is 4.06. The summed E-state index contributed by atoms with van der Waals surface area (Å²) in [5.41, 5.74) is 2.15. The van der Waals surface area contributed by atoms with Crippen LogP contribution in [0, 0.1) is 6.92 Å². The van der Waals surface area contributed by atoms with Gasteiger partial charge in [-0.1, -0.05) is 41.4 Å². The van der Waals surface area contributed by atoms with Crippen LogP contribution in [0.2, 0.25) is 5.02 Å². The van der Waals surface area contributed by atoms with Gasteiger partial charge in [0.2, 0.25) is 6.29 Å². The SMILES string of the molecule is COC(Oc1cccc(Cl)c1)c1cccc(C)c1. The van der Waals surface area contributed by atoms with Gasteiger partial charge in [-0.3, -0.25) is 0 Å². The van der Waals surface area contributed by atoms with Crippen LogP contribution in [0.5, 0.6) is 5.75 Å². The van der Waals surface area contributed by atoms with Crippen molar-refractivity contribution in [3.63, 3.8) is 0 Å². The van der Waals surface area contributed by atoms with E-state index in [0.717, 1.165) is 5.56 Å². The van der Waals surface area contributed by atoms with Gasteiger partial charge < -0.3 is 9.47 Å². The first-order valence-electron chi connectivity index (χ1n) is 5.70. The zero-order chi connectivity index (χ0) is 13.0.